The van der Waals surface area contributed by atoms with Crippen LogP contribution in [0.3, 0.4) is 0 Å². The molecule has 2 aromatic carbocycles. The number of ether oxygens (including phenoxy) is 1. The number of nitrogens with one attached hydrogen (secondary N) is 2. The minimum absolute atomic E-state index is 0.196. The van der Waals surface area contributed by atoms with Gasteiger partial charge < -0.3 is 4.74 Å². The third-order valence-corrected chi connectivity index (χ3v) is 3.10. The molecule has 0 atom stereocenters. The number of halogens is 1. The number of hydrogen-bond donors (Lipinski definition) is 2. The van der Waals surface area contributed by atoms with Crippen LogP contribution in [0.4, 0.5) is 0 Å². The molecule has 0 bridgehead atoms. The van der Waals surface area contributed by atoms with E-state index in [1.165, 1.54) is 6.08 Å². The van der Waals surface area contributed by atoms with Gasteiger partial charge in [0, 0.05) is 11.1 Å². The highest BCUT2D eigenvalue weighted by Gasteiger charge is 2.03. The van der Waals surface area contributed by atoms with Crippen molar-refractivity contribution >= 4 is 29.5 Å². The van der Waals surface area contributed by atoms with Crippen molar-refractivity contribution in [2.45, 2.75) is 0 Å². The molecular weight excluding hydrogens is 316 g/mol. The smallest absolute Gasteiger partial charge is 0.276 e. The summed E-state index contributed by atoms with van der Waals surface area (Å²) in [7, 11) is 0. The van der Waals surface area contributed by atoms with Gasteiger partial charge in [0.1, 0.15) is 5.75 Å². The van der Waals surface area contributed by atoms with Gasteiger partial charge in [-0.2, -0.15) is 0 Å². The van der Waals surface area contributed by atoms with E-state index >= 15 is 0 Å². The van der Waals surface area contributed by atoms with Crippen LogP contribution in [0.5, 0.6) is 5.75 Å². The first-order valence-electron chi connectivity index (χ1n) is 6.84. The Morgan fingerprint density at radius 3 is 2.43 bits per heavy atom. The number of amides is 2. The van der Waals surface area contributed by atoms with Crippen LogP contribution in [-0.4, -0.2) is 18.4 Å². The molecule has 0 aliphatic carbocycles. The first kappa shape index (κ1) is 16.6. The van der Waals surface area contributed by atoms with E-state index in [4.69, 9.17) is 16.3 Å². The molecule has 0 radical (unpaired) electrons. The number of rotatable bonds is 5. The van der Waals surface area contributed by atoms with Crippen LogP contribution >= 0.6 is 11.6 Å². The van der Waals surface area contributed by atoms with Crippen LogP contribution in [0.2, 0.25) is 5.02 Å². The maximum Gasteiger partial charge on any atom is 0.276 e. The Balaban J connectivity index is 1.73. The highest BCUT2D eigenvalue weighted by molar-refractivity contribution is 6.32. The van der Waals surface area contributed by atoms with Gasteiger partial charge in [-0.3, -0.25) is 20.4 Å². The Hall–Kier alpha value is -2.79. The van der Waals surface area contributed by atoms with Gasteiger partial charge in [0.05, 0.1) is 0 Å². The second kappa shape index (κ2) is 8.60. The molecule has 0 unspecified atom stereocenters. The summed E-state index contributed by atoms with van der Waals surface area (Å²) in [4.78, 5) is 23.2. The minimum Gasteiger partial charge on any atom is -0.484 e. The topological polar surface area (TPSA) is 67.4 Å². The molecule has 23 heavy (non-hydrogen) atoms. The molecule has 0 aromatic heterocycles. The lowest BCUT2D eigenvalue weighted by atomic mass is 10.2. The predicted molar refractivity (Wildman–Crippen MR) is 88.7 cm³/mol. The minimum atomic E-state index is -0.474. The van der Waals surface area contributed by atoms with E-state index in [-0.39, 0.29) is 6.61 Å². The van der Waals surface area contributed by atoms with E-state index in [1.807, 2.05) is 12.1 Å². The van der Waals surface area contributed by atoms with E-state index < -0.39 is 11.8 Å². The van der Waals surface area contributed by atoms with E-state index in [9.17, 15) is 9.59 Å². The molecule has 0 fully saturated rings. The maximum atomic E-state index is 11.6. The molecule has 0 spiro atoms. The number of para-hydroxylation sites is 1. The first-order valence-corrected chi connectivity index (χ1v) is 7.22. The van der Waals surface area contributed by atoms with Crippen molar-refractivity contribution in [3.63, 3.8) is 0 Å². The van der Waals surface area contributed by atoms with Crippen LogP contribution in [0.25, 0.3) is 6.08 Å². The van der Waals surface area contributed by atoms with Gasteiger partial charge in [-0.15, -0.1) is 0 Å². The largest absolute Gasteiger partial charge is 0.484 e. The quantitative estimate of drug-likeness (QED) is 0.654. The molecule has 2 N–H and O–H groups in total. The molecule has 2 rings (SSSR count). The van der Waals surface area contributed by atoms with E-state index in [2.05, 4.69) is 10.9 Å². The summed E-state index contributed by atoms with van der Waals surface area (Å²) < 4.78 is 5.25. The molecular formula is C17H15ClN2O3. The van der Waals surface area contributed by atoms with E-state index in [1.54, 1.807) is 48.5 Å². The zero-order valence-electron chi connectivity index (χ0n) is 12.2. The fraction of sp³-hybridized carbons (Fsp3) is 0.0588. The lowest BCUT2D eigenvalue weighted by Crippen LogP contribution is -2.43. The van der Waals surface area contributed by atoms with Crippen molar-refractivity contribution in [2.24, 2.45) is 0 Å². The molecule has 6 heteroatoms. The SMILES string of the molecule is O=C(/C=C/c1ccccc1Cl)NNC(=O)COc1ccccc1. The van der Waals surface area contributed by atoms with Gasteiger partial charge in [0.25, 0.3) is 11.8 Å². The van der Waals surface area contributed by atoms with Crippen molar-refractivity contribution in [1.82, 2.24) is 10.9 Å². The molecule has 0 aliphatic rings. The fourth-order valence-corrected chi connectivity index (χ4v) is 1.85. The Bertz CT molecular complexity index is 702. The summed E-state index contributed by atoms with van der Waals surface area (Å²) in [5.41, 5.74) is 5.23. The number of hydrazine groups is 1. The average Bonchev–Trinajstić information content (AvgIpc) is 2.58. The van der Waals surface area contributed by atoms with Crippen molar-refractivity contribution in [2.75, 3.05) is 6.61 Å². The van der Waals surface area contributed by atoms with Crippen LogP contribution in [-0.2, 0) is 9.59 Å². The first-order chi connectivity index (χ1) is 11.1. The predicted octanol–water partition coefficient (Wildman–Crippen LogP) is 2.58. The zero-order chi connectivity index (χ0) is 16.5. The van der Waals surface area contributed by atoms with Crippen LogP contribution in [0, 0.1) is 0 Å². The molecule has 2 amide bonds. The average molecular weight is 331 g/mol. The summed E-state index contributed by atoms with van der Waals surface area (Å²) in [6.07, 6.45) is 2.84. The summed E-state index contributed by atoms with van der Waals surface area (Å²) in [5.74, 6) is -0.362. The molecule has 0 aliphatic heterocycles. The Morgan fingerprint density at radius 1 is 1.00 bits per heavy atom. The third kappa shape index (κ3) is 5.84. The van der Waals surface area contributed by atoms with Gasteiger partial charge >= 0.3 is 0 Å². The number of benzene rings is 2. The highest BCUT2D eigenvalue weighted by atomic mass is 35.5. The van der Waals surface area contributed by atoms with Crippen LogP contribution in [0.15, 0.2) is 60.7 Å². The summed E-state index contributed by atoms with van der Waals surface area (Å²) in [5, 5.41) is 0.539. The molecule has 5 nitrogen and oxygen atoms in total. The van der Waals surface area contributed by atoms with Gasteiger partial charge in [-0.25, -0.2) is 0 Å². The monoisotopic (exact) mass is 330 g/mol. The van der Waals surface area contributed by atoms with Gasteiger partial charge in [-0.1, -0.05) is 48.0 Å². The Labute approximate surface area is 138 Å². The second-order valence-corrected chi connectivity index (χ2v) is 4.90. The van der Waals surface area contributed by atoms with Gasteiger partial charge in [0.2, 0.25) is 0 Å². The number of carbonyl (C=O) groups excluding carboxylic acids is 2. The summed E-state index contributed by atoms with van der Waals surface area (Å²) in [6, 6.07) is 16.0. The lowest BCUT2D eigenvalue weighted by molar-refractivity contribution is -0.128. The van der Waals surface area contributed by atoms with Gasteiger partial charge in [-0.05, 0) is 29.8 Å². The normalized spacial score (nSPS) is 10.3. The summed E-state index contributed by atoms with van der Waals surface area (Å²) in [6.45, 7) is -0.196. The molecule has 0 heterocycles. The lowest BCUT2D eigenvalue weighted by Gasteiger charge is -2.07. The van der Waals surface area contributed by atoms with Crippen molar-refractivity contribution in [1.29, 1.82) is 0 Å². The van der Waals surface area contributed by atoms with Crippen LogP contribution in [0.1, 0.15) is 5.56 Å². The van der Waals surface area contributed by atoms with Crippen molar-refractivity contribution in [3.05, 3.63) is 71.3 Å². The van der Waals surface area contributed by atoms with Gasteiger partial charge in [0.15, 0.2) is 6.61 Å². The second-order valence-electron chi connectivity index (χ2n) is 4.49. The maximum absolute atomic E-state index is 11.6. The Morgan fingerprint density at radius 2 is 1.70 bits per heavy atom. The number of carbonyl (C=O) groups is 2. The molecule has 2 aromatic rings. The standard InChI is InChI=1S/C17H15ClN2O3/c18-15-9-5-4-6-13(15)10-11-16(21)19-20-17(22)12-23-14-7-2-1-3-8-14/h1-11H,12H2,(H,19,21)(H,20,22)/b11-10+. The van der Waals surface area contributed by atoms with E-state index in [0.29, 0.717) is 16.3 Å². The third-order valence-electron chi connectivity index (χ3n) is 2.76. The molecule has 0 saturated carbocycles. The zero-order valence-corrected chi connectivity index (χ0v) is 12.9. The fourth-order valence-electron chi connectivity index (χ4n) is 1.65. The highest BCUT2D eigenvalue weighted by Crippen LogP contribution is 2.15. The van der Waals surface area contributed by atoms with Crippen molar-refractivity contribution < 1.29 is 14.3 Å². The molecule has 0 saturated heterocycles. The molecule has 118 valence electrons. The Kier molecular flexibility index (Phi) is 6.20. The summed E-state index contributed by atoms with van der Waals surface area (Å²) >= 11 is 5.97. The number of hydrogen-bond acceptors (Lipinski definition) is 3. The van der Waals surface area contributed by atoms with Crippen LogP contribution < -0.4 is 15.6 Å². The van der Waals surface area contributed by atoms with Crippen molar-refractivity contribution in [3.8, 4) is 5.75 Å². The van der Waals surface area contributed by atoms with E-state index in [0.717, 1.165) is 0 Å².